The number of carboxylic acid groups (broad SMARTS) is 1. The van der Waals surface area contributed by atoms with Crippen LogP contribution in [-0.4, -0.2) is 35.5 Å². The Morgan fingerprint density at radius 2 is 2.00 bits per heavy atom. The van der Waals surface area contributed by atoms with Crippen LogP contribution in [0.25, 0.3) is 0 Å². The first-order chi connectivity index (χ1) is 8.00. The third kappa shape index (κ3) is 5.33. The molecule has 0 saturated heterocycles. The Balaban J connectivity index is 2.03. The Morgan fingerprint density at radius 1 is 1.35 bits per heavy atom. The molecule has 0 unspecified atom stereocenters. The Bertz CT molecular complexity index is 313. The summed E-state index contributed by atoms with van der Waals surface area (Å²) in [6.07, 6.45) is 2.67. The molecule has 0 aliphatic heterocycles. The van der Waals surface area contributed by atoms with E-state index in [9.17, 15) is 14.4 Å². The van der Waals surface area contributed by atoms with E-state index in [1.165, 1.54) is 6.92 Å². The van der Waals surface area contributed by atoms with Gasteiger partial charge in [-0.15, -0.1) is 0 Å². The Morgan fingerprint density at radius 3 is 2.53 bits per heavy atom. The third-order valence-corrected chi connectivity index (χ3v) is 2.58. The quantitative estimate of drug-likeness (QED) is 0.542. The maximum absolute atomic E-state index is 11.3. The fourth-order valence-corrected chi connectivity index (χ4v) is 1.33. The summed E-state index contributed by atoms with van der Waals surface area (Å²) >= 11 is 0. The average Bonchev–Trinajstić information content (AvgIpc) is 3.07. The summed E-state index contributed by atoms with van der Waals surface area (Å²) < 4.78 is 0. The second-order valence-electron chi connectivity index (χ2n) is 4.30. The van der Waals surface area contributed by atoms with Gasteiger partial charge in [0.15, 0.2) is 0 Å². The Hall–Kier alpha value is -1.59. The minimum atomic E-state index is -1.06. The second kappa shape index (κ2) is 6.22. The zero-order valence-corrected chi connectivity index (χ0v) is 9.86. The first kappa shape index (κ1) is 13.5. The molecule has 0 spiro atoms. The number of rotatable bonds is 7. The van der Waals surface area contributed by atoms with Crippen LogP contribution in [0.5, 0.6) is 0 Å². The number of carbonyl (C=O) groups excluding carboxylic acids is 2. The molecule has 0 aromatic heterocycles. The molecule has 0 heterocycles. The van der Waals surface area contributed by atoms with Gasteiger partial charge in [-0.2, -0.15) is 0 Å². The highest BCUT2D eigenvalue weighted by atomic mass is 16.4. The molecule has 17 heavy (non-hydrogen) atoms. The van der Waals surface area contributed by atoms with Gasteiger partial charge in [-0.3, -0.25) is 14.4 Å². The number of hydrogen-bond acceptors (Lipinski definition) is 3. The van der Waals surface area contributed by atoms with E-state index in [1.807, 2.05) is 0 Å². The molecular formula is C11H18N2O4. The highest BCUT2D eigenvalue weighted by Gasteiger charge is 2.28. The normalized spacial score (nSPS) is 16.1. The lowest BCUT2D eigenvalue weighted by Crippen LogP contribution is -2.38. The zero-order chi connectivity index (χ0) is 12.8. The first-order valence-electron chi connectivity index (χ1n) is 5.80. The summed E-state index contributed by atoms with van der Waals surface area (Å²) in [6.45, 7) is 1.87. The largest absolute Gasteiger partial charge is 0.480 e. The average molecular weight is 242 g/mol. The number of aliphatic carboxylic acids is 1. The van der Waals surface area contributed by atoms with Crippen LogP contribution in [0, 0.1) is 5.92 Å². The molecule has 0 aromatic carbocycles. The molecule has 0 bridgehead atoms. The van der Waals surface area contributed by atoms with Gasteiger partial charge < -0.3 is 15.7 Å². The Labute approximate surface area is 99.8 Å². The molecule has 1 aliphatic carbocycles. The van der Waals surface area contributed by atoms with E-state index in [-0.39, 0.29) is 24.2 Å². The molecule has 3 N–H and O–H groups in total. The van der Waals surface area contributed by atoms with Gasteiger partial charge in [0, 0.05) is 18.9 Å². The van der Waals surface area contributed by atoms with Crippen LogP contribution in [0.15, 0.2) is 0 Å². The molecule has 1 fully saturated rings. The van der Waals surface area contributed by atoms with Gasteiger partial charge in [-0.1, -0.05) is 0 Å². The van der Waals surface area contributed by atoms with Crippen molar-refractivity contribution in [2.45, 2.75) is 38.6 Å². The molecule has 2 amide bonds. The zero-order valence-electron chi connectivity index (χ0n) is 9.86. The van der Waals surface area contributed by atoms with Gasteiger partial charge >= 0.3 is 5.97 Å². The van der Waals surface area contributed by atoms with Crippen molar-refractivity contribution in [1.82, 2.24) is 10.6 Å². The van der Waals surface area contributed by atoms with E-state index in [0.717, 1.165) is 12.8 Å². The van der Waals surface area contributed by atoms with Crippen molar-refractivity contribution in [3.05, 3.63) is 0 Å². The third-order valence-electron chi connectivity index (χ3n) is 2.58. The van der Waals surface area contributed by atoms with Gasteiger partial charge in [0.2, 0.25) is 11.8 Å². The lowest BCUT2D eigenvalue weighted by atomic mass is 10.2. The standard InChI is InChI=1S/C11H18N2O4/c1-7(11(16)17)13-9(14)3-2-6-12-10(15)8-4-5-8/h7-8H,2-6H2,1H3,(H,12,15)(H,13,14)(H,16,17)/t7-/m0/s1. The summed E-state index contributed by atoms with van der Waals surface area (Å²) in [4.78, 5) is 33.0. The molecule has 1 rings (SSSR count). The van der Waals surface area contributed by atoms with Crippen LogP contribution in [-0.2, 0) is 14.4 Å². The smallest absolute Gasteiger partial charge is 0.325 e. The number of carbonyl (C=O) groups is 3. The maximum Gasteiger partial charge on any atom is 0.325 e. The van der Waals surface area contributed by atoms with Gasteiger partial charge in [0.25, 0.3) is 0 Å². The topological polar surface area (TPSA) is 95.5 Å². The highest BCUT2D eigenvalue weighted by Crippen LogP contribution is 2.28. The van der Waals surface area contributed by atoms with Crippen molar-refractivity contribution in [3.63, 3.8) is 0 Å². The van der Waals surface area contributed by atoms with Crippen molar-refractivity contribution in [2.75, 3.05) is 6.54 Å². The van der Waals surface area contributed by atoms with E-state index in [0.29, 0.717) is 13.0 Å². The minimum absolute atomic E-state index is 0.0595. The van der Waals surface area contributed by atoms with Crippen LogP contribution >= 0.6 is 0 Å². The lowest BCUT2D eigenvalue weighted by Gasteiger charge is -2.09. The molecule has 0 radical (unpaired) electrons. The van der Waals surface area contributed by atoms with Crippen LogP contribution < -0.4 is 10.6 Å². The van der Waals surface area contributed by atoms with E-state index < -0.39 is 12.0 Å². The van der Waals surface area contributed by atoms with Gasteiger partial charge in [-0.05, 0) is 26.2 Å². The van der Waals surface area contributed by atoms with E-state index >= 15 is 0 Å². The SMILES string of the molecule is C[C@H](NC(=O)CCCNC(=O)C1CC1)C(=O)O. The number of nitrogens with one attached hydrogen (secondary N) is 2. The van der Waals surface area contributed by atoms with E-state index in [2.05, 4.69) is 10.6 Å². The van der Waals surface area contributed by atoms with Crippen LogP contribution in [0.2, 0.25) is 0 Å². The molecular weight excluding hydrogens is 224 g/mol. The minimum Gasteiger partial charge on any atom is -0.480 e. The predicted octanol–water partition coefficient (Wildman–Crippen LogP) is -0.118. The fourth-order valence-electron chi connectivity index (χ4n) is 1.33. The van der Waals surface area contributed by atoms with Gasteiger partial charge in [-0.25, -0.2) is 0 Å². The summed E-state index contributed by atoms with van der Waals surface area (Å²) in [5, 5.41) is 13.7. The molecule has 1 atom stereocenters. The number of amides is 2. The summed E-state index contributed by atoms with van der Waals surface area (Å²) in [5.41, 5.74) is 0. The first-order valence-corrected chi connectivity index (χ1v) is 5.80. The van der Waals surface area contributed by atoms with E-state index in [4.69, 9.17) is 5.11 Å². The second-order valence-corrected chi connectivity index (χ2v) is 4.30. The van der Waals surface area contributed by atoms with Crippen molar-refractivity contribution >= 4 is 17.8 Å². The number of carboxylic acids is 1. The summed E-state index contributed by atoms with van der Waals surface area (Å²) in [6, 6.07) is -0.872. The molecule has 6 heteroatoms. The molecule has 1 saturated carbocycles. The monoisotopic (exact) mass is 242 g/mol. The summed E-state index contributed by atoms with van der Waals surface area (Å²) in [7, 11) is 0. The number of hydrogen-bond donors (Lipinski definition) is 3. The molecule has 0 aromatic rings. The van der Waals surface area contributed by atoms with Gasteiger partial charge in [0.05, 0.1) is 0 Å². The maximum atomic E-state index is 11.3. The van der Waals surface area contributed by atoms with Gasteiger partial charge in [0.1, 0.15) is 6.04 Å². The summed E-state index contributed by atoms with van der Waals surface area (Å²) in [5.74, 6) is -1.12. The molecule has 6 nitrogen and oxygen atoms in total. The van der Waals surface area contributed by atoms with Crippen LogP contribution in [0.3, 0.4) is 0 Å². The lowest BCUT2D eigenvalue weighted by molar-refractivity contribution is -0.141. The van der Waals surface area contributed by atoms with E-state index in [1.54, 1.807) is 0 Å². The fraction of sp³-hybridized carbons (Fsp3) is 0.727. The molecule has 96 valence electrons. The Kier molecular flexibility index (Phi) is 4.93. The van der Waals surface area contributed by atoms with Crippen molar-refractivity contribution in [3.8, 4) is 0 Å². The van der Waals surface area contributed by atoms with Crippen molar-refractivity contribution in [2.24, 2.45) is 5.92 Å². The highest BCUT2D eigenvalue weighted by molar-refractivity contribution is 5.83. The predicted molar refractivity (Wildman–Crippen MR) is 60.2 cm³/mol. The van der Waals surface area contributed by atoms with Crippen LogP contribution in [0.1, 0.15) is 32.6 Å². The molecule has 1 aliphatic rings. The van der Waals surface area contributed by atoms with Crippen molar-refractivity contribution in [1.29, 1.82) is 0 Å². The van der Waals surface area contributed by atoms with Crippen molar-refractivity contribution < 1.29 is 19.5 Å². The van der Waals surface area contributed by atoms with Crippen LogP contribution in [0.4, 0.5) is 0 Å².